The van der Waals surface area contributed by atoms with Crippen LogP contribution in [0.25, 0.3) is 23.1 Å². The molecule has 1 heterocycles. The summed E-state index contributed by atoms with van der Waals surface area (Å²) in [4.78, 5) is 9.24. The maximum atomic E-state index is 5.48. The van der Waals surface area contributed by atoms with Crippen molar-refractivity contribution in [3.8, 4) is 11.5 Å². The summed E-state index contributed by atoms with van der Waals surface area (Å²) in [7, 11) is 3.25. The SMILES string of the molecule is COc1cc2nc(C)nc(NC(C)c3cccc(/C=C/c4ccccc4)c3)c2cc1OC. The molecule has 0 saturated carbocycles. The molecule has 4 rings (SSSR count). The lowest BCUT2D eigenvalue weighted by molar-refractivity contribution is 0.356. The van der Waals surface area contributed by atoms with Crippen LogP contribution in [0, 0.1) is 6.92 Å². The normalized spacial score (nSPS) is 12.1. The van der Waals surface area contributed by atoms with Gasteiger partial charge < -0.3 is 14.8 Å². The molecule has 1 atom stereocenters. The van der Waals surface area contributed by atoms with Gasteiger partial charge in [-0.15, -0.1) is 0 Å². The lowest BCUT2D eigenvalue weighted by Crippen LogP contribution is -2.10. The fourth-order valence-electron chi connectivity index (χ4n) is 3.66. The largest absolute Gasteiger partial charge is 0.493 e. The highest BCUT2D eigenvalue weighted by Crippen LogP contribution is 2.35. The fourth-order valence-corrected chi connectivity index (χ4v) is 3.66. The highest BCUT2D eigenvalue weighted by atomic mass is 16.5. The summed E-state index contributed by atoms with van der Waals surface area (Å²) < 4.78 is 10.9. The van der Waals surface area contributed by atoms with Crippen molar-refractivity contribution in [1.29, 1.82) is 0 Å². The van der Waals surface area contributed by atoms with Crippen molar-refractivity contribution < 1.29 is 9.47 Å². The van der Waals surface area contributed by atoms with Gasteiger partial charge in [0.25, 0.3) is 0 Å². The first-order valence-corrected chi connectivity index (χ1v) is 10.6. The summed E-state index contributed by atoms with van der Waals surface area (Å²) in [5.74, 6) is 2.76. The smallest absolute Gasteiger partial charge is 0.162 e. The van der Waals surface area contributed by atoms with E-state index in [1.807, 2.05) is 37.3 Å². The Morgan fingerprint density at radius 2 is 1.50 bits per heavy atom. The van der Waals surface area contributed by atoms with E-state index >= 15 is 0 Å². The Kier molecular flexibility index (Phi) is 6.36. The summed E-state index contributed by atoms with van der Waals surface area (Å²) in [6.07, 6.45) is 4.26. The number of nitrogens with zero attached hydrogens (tertiary/aromatic N) is 2. The van der Waals surface area contributed by atoms with Crippen LogP contribution in [0.15, 0.2) is 66.7 Å². The topological polar surface area (TPSA) is 56.3 Å². The van der Waals surface area contributed by atoms with Gasteiger partial charge in [-0.05, 0) is 42.7 Å². The molecular formula is C27H27N3O2. The van der Waals surface area contributed by atoms with Crippen molar-refractivity contribution in [2.75, 3.05) is 19.5 Å². The van der Waals surface area contributed by atoms with E-state index in [-0.39, 0.29) is 6.04 Å². The van der Waals surface area contributed by atoms with Crippen LogP contribution in [0.3, 0.4) is 0 Å². The van der Waals surface area contributed by atoms with Crippen molar-refractivity contribution >= 4 is 28.9 Å². The average molecular weight is 426 g/mol. The van der Waals surface area contributed by atoms with Crippen LogP contribution in [0.5, 0.6) is 11.5 Å². The van der Waals surface area contributed by atoms with E-state index in [0.717, 1.165) is 22.3 Å². The zero-order valence-corrected chi connectivity index (χ0v) is 18.8. The van der Waals surface area contributed by atoms with Gasteiger partial charge in [0.05, 0.1) is 19.7 Å². The molecule has 0 aliphatic carbocycles. The van der Waals surface area contributed by atoms with E-state index in [9.17, 15) is 0 Å². The third-order valence-electron chi connectivity index (χ3n) is 5.34. The monoisotopic (exact) mass is 425 g/mol. The van der Waals surface area contributed by atoms with Crippen molar-refractivity contribution in [3.05, 3.63) is 89.2 Å². The predicted octanol–water partition coefficient (Wildman–Crippen LogP) is 6.30. The lowest BCUT2D eigenvalue weighted by atomic mass is 10.0. The van der Waals surface area contributed by atoms with Gasteiger partial charge >= 0.3 is 0 Å². The molecule has 162 valence electrons. The van der Waals surface area contributed by atoms with Crippen molar-refractivity contribution in [2.45, 2.75) is 19.9 Å². The van der Waals surface area contributed by atoms with Crippen LogP contribution in [-0.2, 0) is 0 Å². The highest BCUT2D eigenvalue weighted by Gasteiger charge is 2.14. The number of fused-ring (bicyclic) bond motifs is 1. The Morgan fingerprint density at radius 1 is 0.812 bits per heavy atom. The molecule has 0 amide bonds. The molecule has 0 aliphatic heterocycles. The Hall–Kier alpha value is -3.86. The van der Waals surface area contributed by atoms with Crippen molar-refractivity contribution in [3.63, 3.8) is 0 Å². The first kappa shape index (κ1) is 21.4. The Balaban J connectivity index is 1.62. The zero-order chi connectivity index (χ0) is 22.5. The van der Waals surface area contributed by atoms with E-state index in [0.29, 0.717) is 17.3 Å². The third kappa shape index (κ3) is 4.72. The quantitative estimate of drug-likeness (QED) is 0.352. The van der Waals surface area contributed by atoms with Gasteiger partial charge in [0.2, 0.25) is 0 Å². The van der Waals surface area contributed by atoms with E-state index in [4.69, 9.17) is 9.47 Å². The minimum Gasteiger partial charge on any atom is -0.493 e. The molecule has 0 radical (unpaired) electrons. The van der Waals surface area contributed by atoms with Gasteiger partial charge in [-0.3, -0.25) is 0 Å². The molecule has 0 spiro atoms. The molecular weight excluding hydrogens is 398 g/mol. The third-order valence-corrected chi connectivity index (χ3v) is 5.34. The van der Waals surface area contributed by atoms with Gasteiger partial charge in [0.15, 0.2) is 11.5 Å². The molecule has 5 nitrogen and oxygen atoms in total. The van der Waals surface area contributed by atoms with Crippen LogP contribution in [0.2, 0.25) is 0 Å². The van der Waals surface area contributed by atoms with E-state index in [1.54, 1.807) is 14.2 Å². The summed E-state index contributed by atoms with van der Waals surface area (Å²) in [5.41, 5.74) is 4.31. The number of hydrogen-bond donors (Lipinski definition) is 1. The second kappa shape index (κ2) is 9.52. The number of anilines is 1. The maximum absolute atomic E-state index is 5.48. The number of ether oxygens (including phenoxy) is 2. The lowest BCUT2D eigenvalue weighted by Gasteiger charge is -2.18. The molecule has 0 fully saturated rings. The van der Waals surface area contributed by atoms with Crippen LogP contribution in [-0.4, -0.2) is 24.2 Å². The summed E-state index contributed by atoms with van der Waals surface area (Å²) in [6, 6.07) is 22.6. The second-order valence-corrected chi connectivity index (χ2v) is 7.62. The number of rotatable bonds is 7. The number of benzene rings is 3. The minimum absolute atomic E-state index is 0.0469. The van der Waals surface area contributed by atoms with Gasteiger partial charge in [0.1, 0.15) is 11.6 Å². The number of methoxy groups -OCH3 is 2. The number of aromatic nitrogens is 2. The van der Waals surface area contributed by atoms with Crippen molar-refractivity contribution in [1.82, 2.24) is 9.97 Å². The van der Waals surface area contributed by atoms with Gasteiger partial charge in [-0.1, -0.05) is 60.7 Å². The number of aryl methyl sites for hydroxylation is 1. The molecule has 1 aromatic heterocycles. The van der Waals surface area contributed by atoms with Gasteiger partial charge in [-0.2, -0.15) is 0 Å². The zero-order valence-electron chi connectivity index (χ0n) is 18.8. The van der Waals surface area contributed by atoms with E-state index in [2.05, 4.69) is 70.8 Å². The molecule has 0 aliphatic rings. The molecule has 5 heteroatoms. The average Bonchev–Trinajstić information content (AvgIpc) is 2.82. The van der Waals surface area contributed by atoms with Gasteiger partial charge in [-0.25, -0.2) is 9.97 Å². The first-order valence-electron chi connectivity index (χ1n) is 10.6. The second-order valence-electron chi connectivity index (χ2n) is 7.62. The fraction of sp³-hybridized carbons (Fsp3) is 0.185. The highest BCUT2D eigenvalue weighted by molar-refractivity contribution is 5.92. The van der Waals surface area contributed by atoms with E-state index < -0.39 is 0 Å². The molecule has 3 aromatic carbocycles. The molecule has 1 unspecified atom stereocenters. The Labute approximate surface area is 188 Å². The summed E-state index contributed by atoms with van der Waals surface area (Å²) >= 11 is 0. The first-order chi connectivity index (χ1) is 15.6. The molecule has 0 saturated heterocycles. The maximum Gasteiger partial charge on any atom is 0.162 e. The molecule has 0 bridgehead atoms. The van der Waals surface area contributed by atoms with Crippen LogP contribution in [0.4, 0.5) is 5.82 Å². The minimum atomic E-state index is 0.0469. The Morgan fingerprint density at radius 3 is 2.25 bits per heavy atom. The Bertz CT molecular complexity index is 1250. The van der Waals surface area contributed by atoms with Gasteiger partial charge in [0, 0.05) is 17.5 Å². The predicted molar refractivity (Wildman–Crippen MR) is 131 cm³/mol. The summed E-state index contributed by atoms with van der Waals surface area (Å²) in [6.45, 7) is 4.02. The molecule has 1 N–H and O–H groups in total. The summed E-state index contributed by atoms with van der Waals surface area (Å²) in [5, 5.41) is 4.45. The standard InChI is InChI=1S/C27H27N3O2/c1-18(22-12-8-11-21(15-22)14-13-20-9-6-5-7-10-20)28-27-23-16-25(31-3)26(32-4)17-24(23)29-19(2)30-27/h5-18H,1-4H3,(H,28,29,30)/b14-13+. The number of hydrogen-bond acceptors (Lipinski definition) is 5. The van der Waals surface area contributed by atoms with E-state index in [1.165, 1.54) is 11.1 Å². The van der Waals surface area contributed by atoms with Crippen molar-refractivity contribution in [2.24, 2.45) is 0 Å². The van der Waals surface area contributed by atoms with Crippen LogP contribution < -0.4 is 14.8 Å². The molecule has 32 heavy (non-hydrogen) atoms. The van der Waals surface area contributed by atoms with Crippen LogP contribution >= 0.6 is 0 Å². The van der Waals surface area contributed by atoms with Crippen LogP contribution in [0.1, 0.15) is 35.5 Å². The number of nitrogens with one attached hydrogen (secondary N) is 1. The molecule has 4 aromatic rings.